The Balaban J connectivity index is 2.24. The third-order valence-electron chi connectivity index (χ3n) is 4.54. The first-order valence-electron chi connectivity index (χ1n) is 7.20. The van der Waals surface area contributed by atoms with Crippen LogP contribution in [-0.2, 0) is 0 Å². The zero-order valence-electron chi connectivity index (χ0n) is 12.7. The van der Waals surface area contributed by atoms with Crippen LogP contribution in [0, 0.1) is 11.3 Å². The molecule has 0 amide bonds. The number of hydrogen-bond acceptors (Lipinski definition) is 2. The molecular formula is C15H32N2. The van der Waals surface area contributed by atoms with Crippen molar-refractivity contribution in [2.24, 2.45) is 11.3 Å². The summed E-state index contributed by atoms with van der Waals surface area (Å²) in [6.07, 6.45) is 5.53. The standard InChI is InChI=1S/C15H32N2/c1-12(17(5)6)11-16-14-9-7-13(8-10-14)15(2,3)4/h12-14,16H,7-11H2,1-6H3. The zero-order valence-corrected chi connectivity index (χ0v) is 12.7. The number of rotatable bonds is 4. The molecule has 102 valence electrons. The minimum absolute atomic E-state index is 0.502. The normalized spacial score (nSPS) is 28.4. The van der Waals surface area contributed by atoms with E-state index in [1.807, 2.05) is 0 Å². The summed E-state index contributed by atoms with van der Waals surface area (Å²) in [4.78, 5) is 2.29. The Morgan fingerprint density at radius 1 is 1.12 bits per heavy atom. The summed E-state index contributed by atoms with van der Waals surface area (Å²) in [5, 5.41) is 3.73. The molecule has 0 radical (unpaired) electrons. The van der Waals surface area contributed by atoms with Crippen molar-refractivity contribution in [1.29, 1.82) is 0 Å². The molecule has 0 saturated heterocycles. The van der Waals surface area contributed by atoms with Crippen LogP contribution in [0.25, 0.3) is 0 Å². The van der Waals surface area contributed by atoms with Crippen molar-refractivity contribution in [3.8, 4) is 0 Å². The van der Waals surface area contributed by atoms with Gasteiger partial charge in [-0.2, -0.15) is 0 Å². The molecule has 0 spiro atoms. The lowest BCUT2D eigenvalue weighted by Gasteiger charge is -2.37. The SMILES string of the molecule is CC(CNC1CCC(C(C)(C)C)CC1)N(C)C. The van der Waals surface area contributed by atoms with E-state index in [2.05, 4.69) is 52.0 Å². The number of nitrogens with one attached hydrogen (secondary N) is 1. The van der Waals surface area contributed by atoms with Gasteiger partial charge in [0.15, 0.2) is 0 Å². The third-order valence-corrected chi connectivity index (χ3v) is 4.54. The second-order valence-electron chi connectivity index (χ2n) is 7.14. The lowest BCUT2D eigenvalue weighted by atomic mass is 9.71. The predicted octanol–water partition coefficient (Wildman–Crippen LogP) is 3.13. The van der Waals surface area contributed by atoms with Crippen molar-refractivity contribution in [1.82, 2.24) is 10.2 Å². The van der Waals surface area contributed by atoms with Crippen LogP contribution >= 0.6 is 0 Å². The van der Waals surface area contributed by atoms with Crippen LogP contribution in [0.4, 0.5) is 0 Å². The third kappa shape index (κ3) is 4.97. The van der Waals surface area contributed by atoms with E-state index in [9.17, 15) is 0 Å². The van der Waals surface area contributed by atoms with Crippen molar-refractivity contribution >= 4 is 0 Å². The van der Waals surface area contributed by atoms with E-state index in [0.717, 1.165) is 18.5 Å². The summed E-state index contributed by atoms with van der Waals surface area (Å²) < 4.78 is 0. The van der Waals surface area contributed by atoms with Gasteiger partial charge < -0.3 is 10.2 Å². The zero-order chi connectivity index (χ0) is 13.1. The Hall–Kier alpha value is -0.0800. The van der Waals surface area contributed by atoms with Gasteiger partial charge in [-0.25, -0.2) is 0 Å². The van der Waals surface area contributed by atoms with E-state index in [1.165, 1.54) is 25.7 Å². The Labute approximate surface area is 108 Å². The van der Waals surface area contributed by atoms with E-state index in [1.54, 1.807) is 0 Å². The Morgan fingerprint density at radius 3 is 2.06 bits per heavy atom. The van der Waals surface area contributed by atoms with Crippen LogP contribution < -0.4 is 5.32 Å². The first kappa shape index (κ1) is 15.0. The first-order valence-corrected chi connectivity index (χ1v) is 7.20. The Kier molecular flexibility index (Phi) is 5.46. The number of likely N-dealkylation sites (N-methyl/N-ethyl adjacent to an activating group) is 1. The molecule has 0 aromatic heterocycles. The van der Waals surface area contributed by atoms with Gasteiger partial charge in [-0.1, -0.05) is 20.8 Å². The minimum atomic E-state index is 0.502. The molecule has 1 rings (SSSR count). The topological polar surface area (TPSA) is 15.3 Å². The fourth-order valence-corrected chi connectivity index (χ4v) is 2.68. The van der Waals surface area contributed by atoms with Crippen molar-refractivity contribution in [3.05, 3.63) is 0 Å². The highest BCUT2D eigenvalue weighted by Gasteiger charge is 2.29. The molecule has 0 aromatic rings. The molecular weight excluding hydrogens is 208 g/mol. The van der Waals surface area contributed by atoms with E-state index >= 15 is 0 Å². The fourth-order valence-electron chi connectivity index (χ4n) is 2.68. The smallest absolute Gasteiger partial charge is 0.0186 e. The molecule has 2 heteroatoms. The molecule has 1 fully saturated rings. The largest absolute Gasteiger partial charge is 0.312 e. The maximum Gasteiger partial charge on any atom is 0.0186 e. The van der Waals surface area contributed by atoms with Gasteiger partial charge in [0.25, 0.3) is 0 Å². The van der Waals surface area contributed by atoms with Gasteiger partial charge in [0.1, 0.15) is 0 Å². The van der Waals surface area contributed by atoms with Crippen molar-refractivity contribution in [2.45, 2.75) is 65.5 Å². The molecule has 0 aromatic carbocycles. The molecule has 0 heterocycles. The van der Waals surface area contributed by atoms with Gasteiger partial charge in [0.05, 0.1) is 0 Å². The molecule has 2 nitrogen and oxygen atoms in total. The quantitative estimate of drug-likeness (QED) is 0.812. The summed E-state index contributed by atoms with van der Waals surface area (Å²) in [5.41, 5.74) is 0.502. The van der Waals surface area contributed by atoms with Gasteiger partial charge >= 0.3 is 0 Å². The molecule has 1 saturated carbocycles. The van der Waals surface area contributed by atoms with Crippen LogP contribution in [-0.4, -0.2) is 37.6 Å². The maximum absolute atomic E-state index is 3.73. The molecule has 1 unspecified atom stereocenters. The van der Waals surface area contributed by atoms with E-state index in [-0.39, 0.29) is 0 Å². The summed E-state index contributed by atoms with van der Waals surface area (Å²) in [5.74, 6) is 0.923. The summed E-state index contributed by atoms with van der Waals surface area (Å²) >= 11 is 0. The fraction of sp³-hybridized carbons (Fsp3) is 1.00. The van der Waals surface area contributed by atoms with E-state index in [4.69, 9.17) is 0 Å². The molecule has 0 bridgehead atoms. The van der Waals surface area contributed by atoms with Crippen LogP contribution in [0.3, 0.4) is 0 Å². The molecule has 1 aliphatic rings. The number of hydrogen-bond donors (Lipinski definition) is 1. The van der Waals surface area contributed by atoms with Gasteiger partial charge in [-0.15, -0.1) is 0 Å². The van der Waals surface area contributed by atoms with Crippen LogP contribution in [0.5, 0.6) is 0 Å². The molecule has 17 heavy (non-hydrogen) atoms. The van der Waals surface area contributed by atoms with Gasteiger partial charge in [-0.05, 0) is 58.0 Å². The lowest BCUT2D eigenvalue weighted by Crippen LogP contribution is -2.42. The summed E-state index contributed by atoms with van der Waals surface area (Å²) in [7, 11) is 4.31. The number of nitrogens with zero attached hydrogens (tertiary/aromatic N) is 1. The van der Waals surface area contributed by atoms with Crippen LogP contribution in [0.1, 0.15) is 53.4 Å². The average molecular weight is 240 g/mol. The highest BCUT2D eigenvalue weighted by molar-refractivity contribution is 4.83. The maximum atomic E-state index is 3.73. The van der Waals surface area contributed by atoms with E-state index in [0.29, 0.717) is 11.5 Å². The molecule has 1 aliphatic carbocycles. The van der Waals surface area contributed by atoms with Crippen LogP contribution in [0.2, 0.25) is 0 Å². The second-order valence-corrected chi connectivity index (χ2v) is 7.14. The molecule has 0 aliphatic heterocycles. The van der Waals surface area contributed by atoms with Crippen LogP contribution in [0.15, 0.2) is 0 Å². The highest BCUT2D eigenvalue weighted by Crippen LogP contribution is 2.37. The lowest BCUT2D eigenvalue weighted by molar-refractivity contribution is 0.157. The monoisotopic (exact) mass is 240 g/mol. The Morgan fingerprint density at radius 2 is 1.65 bits per heavy atom. The van der Waals surface area contributed by atoms with Crippen molar-refractivity contribution in [2.75, 3.05) is 20.6 Å². The molecule has 1 atom stereocenters. The minimum Gasteiger partial charge on any atom is -0.312 e. The van der Waals surface area contributed by atoms with Crippen molar-refractivity contribution < 1.29 is 0 Å². The van der Waals surface area contributed by atoms with Gasteiger partial charge in [0, 0.05) is 18.6 Å². The van der Waals surface area contributed by atoms with E-state index < -0.39 is 0 Å². The summed E-state index contributed by atoms with van der Waals surface area (Å²) in [6, 6.07) is 1.39. The average Bonchev–Trinajstić information content (AvgIpc) is 2.25. The first-order chi connectivity index (χ1) is 7.80. The van der Waals surface area contributed by atoms with Gasteiger partial charge in [-0.3, -0.25) is 0 Å². The Bertz CT molecular complexity index is 209. The molecule has 1 N–H and O–H groups in total. The van der Waals surface area contributed by atoms with Crippen molar-refractivity contribution in [3.63, 3.8) is 0 Å². The summed E-state index contributed by atoms with van der Waals surface area (Å²) in [6.45, 7) is 10.6. The predicted molar refractivity (Wildman–Crippen MR) is 76.4 cm³/mol. The highest BCUT2D eigenvalue weighted by atomic mass is 15.1. The second kappa shape index (κ2) is 6.19. The van der Waals surface area contributed by atoms with Gasteiger partial charge in [0.2, 0.25) is 0 Å².